The lowest BCUT2D eigenvalue weighted by Gasteiger charge is -2.68. The van der Waals surface area contributed by atoms with Gasteiger partial charge in [-0.25, -0.2) is 8.78 Å². The summed E-state index contributed by atoms with van der Waals surface area (Å²) in [6.07, 6.45) is 8.71. The first-order valence-electron chi connectivity index (χ1n) is 12.2. The molecule has 0 aromatic heterocycles. The Bertz CT molecular complexity index is 863. The van der Waals surface area contributed by atoms with Crippen LogP contribution in [0.2, 0.25) is 0 Å². The minimum absolute atomic E-state index is 0.0694. The molecule has 8 atom stereocenters. The molecule has 0 radical (unpaired) electrons. The molecule has 178 valence electrons. The smallest absolute Gasteiger partial charge is 0.137 e. The number of alkyl halides is 2. The number of hydrogen-bond donors (Lipinski definition) is 1. The van der Waals surface area contributed by atoms with Gasteiger partial charge in [-0.2, -0.15) is 0 Å². The highest BCUT2D eigenvalue weighted by atomic mass is 19.1. The molecule has 4 heteroatoms. The Balaban J connectivity index is 1.82. The van der Waals surface area contributed by atoms with Crippen molar-refractivity contribution in [3.8, 4) is 0 Å². The van der Waals surface area contributed by atoms with Crippen molar-refractivity contribution in [2.75, 3.05) is 13.7 Å². The summed E-state index contributed by atoms with van der Waals surface area (Å²) in [5.74, 6) is -0.164. The predicted octanol–water partition coefficient (Wildman–Crippen LogP) is 6.66. The molecule has 4 aliphatic rings. The van der Waals surface area contributed by atoms with E-state index in [2.05, 4.69) is 32.4 Å². The normalized spacial score (nSPS) is 52.2. The summed E-state index contributed by atoms with van der Waals surface area (Å²) >= 11 is 0. The molecule has 2 nitrogen and oxygen atoms in total. The molecule has 4 fully saturated rings. The molecule has 0 aromatic carbocycles. The van der Waals surface area contributed by atoms with Crippen molar-refractivity contribution in [3.63, 3.8) is 0 Å². The lowest BCUT2D eigenvalue weighted by molar-refractivity contribution is -0.212. The molecule has 0 aromatic rings. The van der Waals surface area contributed by atoms with Crippen LogP contribution in [0.1, 0.15) is 71.6 Å². The van der Waals surface area contributed by atoms with E-state index in [0.717, 1.165) is 0 Å². The molecule has 1 N–H and O–H groups in total. The van der Waals surface area contributed by atoms with Gasteiger partial charge >= 0.3 is 0 Å². The summed E-state index contributed by atoms with van der Waals surface area (Å²) in [7, 11) is 1.55. The standard InChI is InChI=1S/C28H40F2O2/c1-7-11-26-16-17-28(30,20(3)4)23(26,5)14-15-25(8-2)21(26)10-13-27(29)18-24(31,19-32-6)12-9-22(25)27/h8,11,21-22,31H,1-3,9-10,12-19H2,4-6H3/t21-,22-,23+,24-,25+,26+,27-,28+/m1/s1. The van der Waals surface area contributed by atoms with Crippen LogP contribution in [0.25, 0.3) is 0 Å². The second-order valence-electron chi connectivity index (χ2n) is 11.7. The molecule has 0 spiro atoms. The molecule has 0 heterocycles. The number of rotatable bonds is 5. The van der Waals surface area contributed by atoms with Gasteiger partial charge in [0.05, 0.1) is 12.2 Å². The van der Waals surface area contributed by atoms with Gasteiger partial charge in [-0.1, -0.05) is 26.2 Å². The molecule has 0 bridgehead atoms. The first-order chi connectivity index (χ1) is 14.9. The van der Waals surface area contributed by atoms with Crippen LogP contribution in [0.5, 0.6) is 0 Å². The Hall–Kier alpha value is -1.22. The molecule has 0 unspecified atom stereocenters. The van der Waals surface area contributed by atoms with E-state index in [9.17, 15) is 5.11 Å². The van der Waals surface area contributed by atoms with E-state index in [1.165, 1.54) is 0 Å². The predicted molar refractivity (Wildman–Crippen MR) is 125 cm³/mol. The number of halogens is 2. The second kappa shape index (κ2) is 7.39. The van der Waals surface area contributed by atoms with Gasteiger partial charge in [0.25, 0.3) is 0 Å². The third-order valence-corrected chi connectivity index (χ3v) is 10.6. The Morgan fingerprint density at radius 1 is 1.12 bits per heavy atom. The summed E-state index contributed by atoms with van der Waals surface area (Å²) in [6, 6.07) is 0. The first kappa shape index (κ1) is 23.9. The monoisotopic (exact) mass is 446 g/mol. The number of ether oxygens (including phenoxy) is 1. The molecule has 0 amide bonds. The van der Waals surface area contributed by atoms with Crippen LogP contribution in [0.4, 0.5) is 8.78 Å². The van der Waals surface area contributed by atoms with Crippen molar-refractivity contribution in [2.45, 2.75) is 88.6 Å². The summed E-state index contributed by atoms with van der Waals surface area (Å²) in [5.41, 5.74) is -1.96. The fourth-order valence-electron chi connectivity index (χ4n) is 9.16. The fourth-order valence-corrected chi connectivity index (χ4v) is 9.16. The largest absolute Gasteiger partial charge is 0.387 e. The van der Waals surface area contributed by atoms with Gasteiger partial charge in [-0.15, -0.1) is 12.3 Å². The van der Waals surface area contributed by atoms with E-state index in [0.29, 0.717) is 56.9 Å². The average Bonchev–Trinajstić information content (AvgIpc) is 2.96. The van der Waals surface area contributed by atoms with Crippen LogP contribution in [0, 0.1) is 28.1 Å². The zero-order chi connectivity index (χ0) is 23.6. The zero-order valence-electron chi connectivity index (χ0n) is 20.1. The highest BCUT2D eigenvalue weighted by Gasteiger charge is 2.75. The minimum atomic E-state index is -1.47. The molecular weight excluding hydrogens is 406 g/mol. The first-order valence-corrected chi connectivity index (χ1v) is 12.2. The fraction of sp³-hybridized carbons (Fsp3) is 0.750. The van der Waals surface area contributed by atoms with Gasteiger partial charge in [0.2, 0.25) is 0 Å². The molecule has 4 saturated carbocycles. The second-order valence-corrected chi connectivity index (χ2v) is 11.7. The topological polar surface area (TPSA) is 29.5 Å². The van der Waals surface area contributed by atoms with Crippen LogP contribution in [-0.2, 0) is 4.74 Å². The summed E-state index contributed by atoms with van der Waals surface area (Å²) in [4.78, 5) is 0. The van der Waals surface area contributed by atoms with E-state index < -0.39 is 33.2 Å². The van der Waals surface area contributed by atoms with Crippen molar-refractivity contribution < 1.29 is 18.6 Å². The summed E-state index contributed by atoms with van der Waals surface area (Å²) in [6.45, 7) is 16.2. The van der Waals surface area contributed by atoms with Gasteiger partial charge in [0.15, 0.2) is 0 Å². The summed E-state index contributed by atoms with van der Waals surface area (Å²) < 4.78 is 38.5. The van der Waals surface area contributed by atoms with E-state index in [4.69, 9.17) is 4.74 Å². The Labute approximate surface area is 192 Å². The van der Waals surface area contributed by atoms with Crippen LogP contribution in [0.15, 0.2) is 43.2 Å². The van der Waals surface area contributed by atoms with E-state index in [1.807, 2.05) is 12.2 Å². The number of methoxy groups -OCH3 is 1. The minimum Gasteiger partial charge on any atom is -0.387 e. The van der Waals surface area contributed by atoms with Crippen LogP contribution in [-0.4, -0.2) is 35.8 Å². The van der Waals surface area contributed by atoms with Crippen molar-refractivity contribution in [1.29, 1.82) is 0 Å². The van der Waals surface area contributed by atoms with Crippen molar-refractivity contribution in [1.82, 2.24) is 0 Å². The highest BCUT2D eigenvalue weighted by molar-refractivity contribution is 5.35. The van der Waals surface area contributed by atoms with E-state index in [1.54, 1.807) is 14.0 Å². The summed E-state index contributed by atoms with van der Waals surface area (Å²) in [5, 5.41) is 11.0. The SMILES string of the molecule is C=C=C[C@@]12CC[C@](F)(C(=C)C)[C@@]1(C)CC[C@@]1(C=C)[C@H]2CC[C@@]2(F)C[C@@](O)(COC)CC[C@@H]21. The molecular formula is C28H40F2O2. The van der Waals surface area contributed by atoms with Crippen LogP contribution >= 0.6 is 0 Å². The van der Waals surface area contributed by atoms with Crippen molar-refractivity contribution in [2.24, 2.45) is 28.1 Å². The molecule has 4 rings (SSSR count). The molecule has 32 heavy (non-hydrogen) atoms. The van der Waals surface area contributed by atoms with E-state index in [-0.39, 0.29) is 24.9 Å². The quantitative estimate of drug-likeness (QED) is 0.378. The van der Waals surface area contributed by atoms with Gasteiger partial charge in [-0.3, -0.25) is 0 Å². The maximum atomic E-state index is 16.7. The van der Waals surface area contributed by atoms with Crippen LogP contribution < -0.4 is 0 Å². The molecule has 4 aliphatic carbocycles. The third-order valence-electron chi connectivity index (χ3n) is 10.6. The van der Waals surface area contributed by atoms with Gasteiger partial charge < -0.3 is 9.84 Å². The van der Waals surface area contributed by atoms with Gasteiger partial charge in [0.1, 0.15) is 11.3 Å². The lowest BCUT2D eigenvalue weighted by atomic mass is 9.37. The van der Waals surface area contributed by atoms with Crippen molar-refractivity contribution in [3.05, 3.63) is 43.2 Å². The number of fused-ring (bicyclic) bond motifs is 5. The lowest BCUT2D eigenvalue weighted by Crippen LogP contribution is -2.66. The van der Waals surface area contributed by atoms with E-state index >= 15 is 8.78 Å². The maximum absolute atomic E-state index is 16.7. The zero-order valence-corrected chi connectivity index (χ0v) is 20.1. The Morgan fingerprint density at radius 3 is 2.41 bits per heavy atom. The molecule has 0 aliphatic heterocycles. The number of hydrogen-bond acceptors (Lipinski definition) is 2. The number of allylic oxidation sites excluding steroid dienone is 3. The highest BCUT2D eigenvalue weighted by Crippen LogP contribution is 2.78. The number of aliphatic hydroxyl groups is 1. The maximum Gasteiger partial charge on any atom is 0.137 e. The van der Waals surface area contributed by atoms with Gasteiger partial charge in [0, 0.05) is 30.3 Å². The Kier molecular flexibility index (Phi) is 5.52. The van der Waals surface area contributed by atoms with Crippen molar-refractivity contribution >= 4 is 0 Å². The van der Waals surface area contributed by atoms with Crippen LogP contribution in [0.3, 0.4) is 0 Å². The van der Waals surface area contributed by atoms with Gasteiger partial charge in [-0.05, 0) is 81.3 Å². The third kappa shape index (κ3) is 2.76. The Morgan fingerprint density at radius 2 is 1.81 bits per heavy atom. The molecule has 0 saturated heterocycles. The average molecular weight is 447 g/mol.